The van der Waals surface area contributed by atoms with Crippen LogP contribution >= 0.6 is 0 Å². The van der Waals surface area contributed by atoms with Crippen LogP contribution in [0.1, 0.15) is 26.3 Å². The van der Waals surface area contributed by atoms with E-state index >= 15 is 0 Å². The second-order valence-corrected chi connectivity index (χ2v) is 3.83. The van der Waals surface area contributed by atoms with E-state index in [0.29, 0.717) is 5.56 Å². The molecule has 0 aliphatic rings. The molecule has 1 aromatic carbocycles. The minimum Gasteiger partial charge on any atom is -0.423 e. The lowest BCUT2D eigenvalue weighted by atomic mass is 10.2. The summed E-state index contributed by atoms with van der Waals surface area (Å²) < 4.78 is 14.9. The highest BCUT2D eigenvalue weighted by Gasteiger charge is 2.19. The highest BCUT2D eigenvalue weighted by molar-refractivity contribution is 5.78. The molecule has 6 nitrogen and oxygen atoms in total. The molecule has 0 aromatic heterocycles. The smallest absolute Gasteiger partial charge is 0.308 e. The van der Waals surface area contributed by atoms with Gasteiger partial charge in [0, 0.05) is 20.8 Å². The first kappa shape index (κ1) is 15.4. The van der Waals surface area contributed by atoms with E-state index in [2.05, 4.69) is 6.58 Å². The SMILES string of the molecule is C=Cc1cc(OC(C)=O)c(OC(C)=O)c(OC(C)=O)c1. The first-order valence-electron chi connectivity index (χ1n) is 5.69. The number of hydrogen-bond donors (Lipinski definition) is 0. The largest absolute Gasteiger partial charge is 0.423 e. The van der Waals surface area contributed by atoms with Gasteiger partial charge < -0.3 is 14.2 Å². The van der Waals surface area contributed by atoms with Gasteiger partial charge in [0.25, 0.3) is 0 Å². The molecule has 0 unspecified atom stereocenters. The summed E-state index contributed by atoms with van der Waals surface area (Å²) in [7, 11) is 0. The molecule has 0 fully saturated rings. The third-order valence-corrected chi connectivity index (χ3v) is 2.03. The number of carbonyl (C=O) groups is 3. The number of hydrogen-bond acceptors (Lipinski definition) is 6. The van der Waals surface area contributed by atoms with Crippen LogP contribution < -0.4 is 14.2 Å². The normalized spacial score (nSPS) is 9.55. The van der Waals surface area contributed by atoms with Gasteiger partial charge in [0.1, 0.15) is 0 Å². The predicted molar refractivity (Wildman–Crippen MR) is 70.5 cm³/mol. The van der Waals surface area contributed by atoms with Crippen LogP contribution in [-0.4, -0.2) is 17.9 Å². The Bertz CT molecular complexity index is 536. The zero-order chi connectivity index (χ0) is 15.3. The average Bonchev–Trinajstić information content (AvgIpc) is 2.30. The monoisotopic (exact) mass is 278 g/mol. The number of benzene rings is 1. The Morgan fingerprint density at radius 1 is 0.900 bits per heavy atom. The summed E-state index contributed by atoms with van der Waals surface area (Å²) in [4.78, 5) is 33.3. The molecule has 6 heteroatoms. The Kier molecular flexibility index (Phi) is 5.02. The summed E-state index contributed by atoms with van der Waals surface area (Å²) in [5.41, 5.74) is 0.536. The van der Waals surface area contributed by atoms with Crippen LogP contribution in [0.4, 0.5) is 0 Å². The minimum atomic E-state index is -0.641. The van der Waals surface area contributed by atoms with Gasteiger partial charge in [-0.05, 0) is 17.7 Å². The van der Waals surface area contributed by atoms with Crippen LogP contribution in [0.3, 0.4) is 0 Å². The maximum atomic E-state index is 11.1. The van der Waals surface area contributed by atoms with Gasteiger partial charge >= 0.3 is 17.9 Å². The number of carbonyl (C=O) groups excluding carboxylic acids is 3. The second-order valence-electron chi connectivity index (χ2n) is 3.83. The third-order valence-electron chi connectivity index (χ3n) is 2.03. The van der Waals surface area contributed by atoms with Crippen LogP contribution in [-0.2, 0) is 14.4 Å². The van der Waals surface area contributed by atoms with Crippen LogP contribution in [0.2, 0.25) is 0 Å². The molecular weight excluding hydrogens is 264 g/mol. The maximum Gasteiger partial charge on any atom is 0.308 e. The fourth-order valence-corrected chi connectivity index (χ4v) is 1.42. The standard InChI is InChI=1S/C14H14O6/c1-5-11-6-12(18-8(2)15)14(20-10(4)17)13(7-11)19-9(3)16/h5-7H,1H2,2-4H3. The highest BCUT2D eigenvalue weighted by atomic mass is 16.6. The van der Waals surface area contributed by atoms with Crippen molar-refractivity contribution in [1.82, 2.24) is 0 Å². The van der Waals surface area contributed by atoms with E-state index in [9.17, 15) is 14.4 Å². The summed E-state index contributed by atoms with van der Waals surface area (Å²) in [6.45, 7) is 7.15. The first-order valence-corrected chi connectivity index (χ1v) is 5.69. The molecule has 0 saturated heterocycles. The lowest BCUT2D eigenvalue weighted by molar-refractivity contribution is -0.135. The molecule has 0 atom stereocenters. The van der Waals surface area contributed by atoms with E-state index < -0.39 is 17.9 Å². The second kappa shape index (κ2) is 6.51. The molecule has 106 valence electrons. The Hall–Kier alpha value is -2.63. The van der Waals surface area contributed by atoms with Crippen molar-refractivity contribution in [2.24, 2.45) is 0 Å². The fourth-order valence-electron chi connectivity index (χ4n) is 1.42. The molecule has 0 radical (unpaired) electrons. The van der Waals surface area contributed by atoms with Gasteiger partial charge in [0.05, 0.1) is 0 Å². The number of esters is 3. The lowest BCUT2D eigenvalue weighted by Gasteiger charge is -2.13. The molecule has 20 heavy (non-hydrogen) atoms. The molecule has 0 heterocycles. The molecule has 0 saturated carbocycles. The summed E-state index contributed by atoms with van der Waals surface area (Å²) in [5, 5.41) is 0. The Morgan fingerprint density at radius 3 is 1.60 bits per heavy atom. The van der Waals surface area contributed by atoms with Crippen molar-refractivity contribution in [2.45, 2.75) is 20.8 Å². The maximum absolute atomic E-state index is 11.1. The van der Waals surface area contributed by atoms with Crippen LogP contribution in [0.25, 0.3) is 6.08 Å². The Morgan fingerprint density at radius 2 is 1.30 bits per heavy atom. The summed E-state index contributed by atoms with van der Waals surface area (Å²) in [5.74, 6) is -2.03. The molecule has 1 rings (SSSR count). The quantitative estimate of drug-likeness (QED) is 0.620. The molecule has 0 spiro atoms. The molecule has 0 bridgehead atoms. The Labute approximate surface area is 115 Å². The van der Waals surface area contributed by atoms with Crippen molar-refractivity contribution in [3.63, 3.8) is 0 Å². The van der Waals surface area contributed by atoms with Gasteiger partial charge in [-0.3, -0.25) is 14.4 Å². The van der Waals surface area contributed by atoms with Crippen molar-refractivity contribution in [3.8, 4) is 17.2 Å². The van der Waals surface area contributed by atoms with Gasteiger partial charge in [-0.25, -0.2) is 0 Å². The van der Waals surface area contributed by atoms with Crippen molar-refractivity contribution in [3.05, 3.63) is 24.3 Å². The first-order chi connectivity index (χ1) is 9.33. The van der Waals surface area contributed by atoms with Gasteiger partial charge in [0.2, 0.25) is 5.75 Å². The Balaban J connectivity index is 3.42. The topological polar surface area (TPSA) is 78.9 Å². The van der Waals surface area contributed by atoms with Crippen molar-refractivity contribution in [1.29, 1.82) is 0 Å². The molecule has 0 aliphatic heterocycles. The number of rotatable bonds is 4. The minimum absolute atomic E-state index is 0.0265. The van der Waals surface area contributed by atoms with E-state index in [0.717, 1.165) is 0 Å². The molecule has 0 N–H and O–H groups in total. The highest BCUT2D eigenvalue weighted by Crippen LogP contribution is 2.39. The van der Waals surface area contributed by atoms with Crippen LogP contribution in [0.15, 0.2) is 18.7 Å². The molecule has 0 aliphatic carbocycles. The fraction of sp³-hybridized carbons (Fsp3) is 0.214. The van der Waals surface area contributed by atoms with Gasteiger partial charge in [-0.2, -0.15) is 0 Å². The van der Waals surface area contributed by atoms with Crippen LogP contribution in [0.5, 0.6) is 17.2 Å². The predicted octanol–water partition coefficient (Wildman–Crippen LogP) is 2.11. The van der Waals surface area contributed by atoms with Gasteiger partial charge in [0.15, 0.2) is 11.5 Å². The third kappa shape index (κ3) is 4.24. The molecular formula is C14H14O6. The van der Waals surface area contributed by atoms with Crippen molar-refractivity contribution in [2.75, 3.05) is 0 Å². The average molecular weight is 278 g/mol. The summed E-state index contributed by atoms with van der Waals surface area (Å²) >= 11 is 0. The number of ether oxygens (including phenoxy) is 3. The zero-order valence-electron chi connectivity index (χ0n) is 11.4. The van der Waals surface area contributed by atoms with Gasteiger partial charge in [-0.1, -0.05) is 12.7 Å². The van der Waals surface area contributed by atoms with E-state index in [-0.39, 0.29) is 17.2 Å². The molecule has 1 aromatic rings. The van der Waals surface area contributed by atoms with Crippen LogP contribution in [0, 0.1) is 0 Å². The van der Waals surface area contributed by atoms with E-state index in [4.69, 9.17) is 14.2 Å². The van der Waals surface area contributed by atoms with E-state index in [1.165, 1.54) is 39.0 Å². The molecule has 0 amide bonds. The van der Waals surface area contributed by atoms with E-state index in [1.54, 1.807) is 0 Å². The summed E-state index contributed by atoms with van der Waals surface area (Å²) in [6, 6.07) is 2.89. The summed E-state index contributed by atoms with van der Waals surface area (Å²) in [6.07, 6.45) is 1.47. The van der Waals surface area contributed by atoms with Crippen molar-refractivity contribution >= 4 is 24.0 Å². The van der Waals surface area contributed by atoms with Gasteiger partial charge in [-0.15, -0.1) is 0 Å². The van der Waals surface area contributed by atoms with Crippen molar-refractivity contribution < 1.29 is 28.6 Å². The zero-order valence-corrected chi connectivity index (χ0v) is 11.4. The van der Waals surface area contributed by atoms with E-state index in [1.807, 2.05) is 0 Å². The lowest BCUT2D eigenvalue weighted by Crippen LogP contribution is -2.10.